The second-order valence-electron chi connectivity index (χ2n) is 5.38. The maximum Gasteiger partial charge on any atom is 0.161 e. The first kappa shape index (κ1) is 16.9. The first-order valence-electron chi connectivity index (χ1n) is 7.52. The summed E-state index contributed by atoms with van der Waals surface area (Å²) in [4.78, 5) is 10.8. The van der Waals surface area contributed by atoms with Gasteiger partial charge < -0.3 is 14.2 Å². The quantitative estimate of drug-likeness (QED) is 0.574. The number of aryl methyl sites for hydroxylation is 2. The zero-order valence-corrected chi connectivity index (χ0v) is 14.0. The largest absolute Gasteiger partial charge is 0.493 e. The van der Waals surface area contributed by atoms with E-state index in [2.05, 4.69) is 26.0 Å². The molecule has 0 aliphatic carbocycles. The van der Waals surface area contributed by atoms with Gasteiger partial charge in [0.2, 0.25) is 0 Å². The van der Waals surface area contributed by atoms with Crippen molar-refractivity contribution in [3.05, 3.63) is 52.6 Å². The molecule has 4 heteroatoms. The zero-order chi connectivity index (χ0) is 16.8. The van der Waals surface area contributed by atoms with Crippen molar-refractivity contribution in [3.8, 4) is 17.2 Å². The molecule has 0 amide bonds. The Labute approximate surface area is 137 Å². The molecule has 0 aromatic heterocycles. The first-order valence-corrected chi connectivity index (χ1v) is 7.52. The van der Waals surface area contributed by atoms with Crippen molar-refractivity contribution in [1.82, 2.24) is 0 Å². The molecule has 0 spiro atoms. The lowest BCUT2D eigenvalue weighted by molar-refractivity contribution is 0.112. The van der Waals surface area contributed by atoms with Crippen LogP contribution in [0.25, 0.3) is 0 Å². The molecule has 0 bridgehead atoms. The van der Waals surface area contributed by atoms with Crippen LogP contribution in [0.4, 0.5) is 0 Å². The van der Waals surface area contributed by atoms with E-state index < -0.39 is 0 Å². The predicted molar refractivity (Wildman–Crippen MR) is 90.0 cm³/mol. The molecule has 0 N–H and O–H groups in total. The minimum atomic E-state index is 0.392. The predicted octanol–water partition coefficient (Wildman–Crippen LogP) is 3.89. The lowest BCUT2D eigenvalue weighted by Gasteiger charge is -2.15. The Hall–Kier alpha value is -2.49. The number of hydrogen-bond donors (Lipinski definition) is 0. The van der Waals surface area contributed by atoms with E-state index in [9.17, 15) is 4.79 Å². The van der Waals surface area contributed by atoms with Crippen LogP contribution in [0, 0.1) is 20.8 Å². The van der Waals surface area contributed by atoms with Crippen LogP contribution in [-0.2, 0) is 0 Å². The molecule has 0 aliphatic rings. The van der Waals surface area contributed by atoms with Crippen LogP contribution in [-0.4, -0.2) is 26.6 Å². The fourth-order valence-electron chi connectivity index (χ4n) is 2.32. The Morgan fingerprint density at radius 2 is 1.61 bits per heavy atom. The van der Waals surface area contributed by atoms with Gasteiger partial charge in [-0.2, -0.15) is 0 Å². The molecule has 0 fully saturated rings. The standard InChI is InChI=1S/C19H22O4/c1-13-5-6-14(2)19(15(13)3)23-10-9-22-17-8-7-16(12-20)11-18(17)21-4/h5-8,11-12H,9-10H2,1-4H3. The second kappa shape index (κ2) is 7.68. The molecule has 0 radical (unpaired) electrons. The molecule has 2 aromatic rings. The topological polar surface area (TPSA) is 44.8 Å². The Bertz CT molecular complexity index is 692. The average molecular weight is 314 g/mol. The van der Waals surface area contributed by atoms with Gasteiger partial charge in [0.15, 0.2) is 11.5 Å². The van der Waals surface area contributed by atoms with Crippen LogP contribution >= 0.6 is 0 Å². The normalized spacial score (nSPS) is 10.3. The molecule has 0 aliphatic heterocycles. The lowest BCUT2D eigenvalue weighted by atomic mass is 10.1. The van der Waals surface area contributed by atoms with Crippen LogP contribution in [0.5, 0.6) is 17.2 Å². The van der Waals surface area contributed by atoms with Gasteiger partial charge in [0.1, 0.15) is 25.2 Å². The maximum atomic E-state index is 10.8. The van der Waals surface area contributed by atoms with Crippen molar-refractivity contribution < 1.29 is 19.0 Å². The Morgan fingerprint density at radius 1 is 0.913 bits per heavy atom. The highest BCUT2D eigenvalue weighted by Gasteiger charge is 2.08. The van der Waals surface area contributed by atoms with Gasteiger partial charge in [-0.25, -0.2) is 0 Å². The number of benzene rings is 2. The summed E-state index contributed by atoms with van der Waals surface area (Å²) in [5, 5.41) is 0. The number of carbonyl (C=O) groups excluding carboxylic acids is 1. The molecule has 4 nitrogen and oxygen atoms in total. The van der Waals surface area contributed by atoms with Gasteiger partial charge in [0.05, 0.1) is 7.11 Å². The van der Waals surface area contributed by atoms with Gasteiger partial charge in [-0.3, -0.25) is 4.79 Å². The van der Waals surface area contributed by atoms with Crippen LogP contribution < -0.4 is 14.2 Å². The van der Waals surface area contributed by atoms with Crippen LogP contribution in [0.2, 0.25) is 0 Å². The summed E-state index contributed by atoms with van der Waals surface area (Å²) < 4.78 is 16.8. The fourth-order valence-corrected chi connectivity index (χ4v) is 2.32. The van der Waals surface area contributed by atoms with E-state index in [1.54, 1.807) is 25.3 Å². The highest BCUT2D eigenvalue weighted by atomic mass is 16.5. The van der Waals surface area contributed by atoms with E-state index in [0.717, 1.165) is 23.2 Å². The molecule has 0 saturated heterocycles. The number of methoxy groups -OCH3 is 1. The lowest BCUT2D eigenvalue weighted by Crippen LogP contribution is -2.11. The molecule has 0 unspecified atom stereocenters. The van der Waals surface area contributed by atoms with Crippen LogP contribution in [0.1, 0.15) is 27.0 Å². The Balaban J connectivity index is 1.96. The van der Waals surface area contributed by atoms with E-state index >= 15 is 0 Å². The van der Waals surface area contributed by atoms with Crippen molar-refractivity contribution in [2.45, 2.75) is 20.8 Å². The summed E-state index contributed by atoms with van der Waals surface area (Å²) in [7, 11) is 1.55. The van der Waals surface area contributed by atoms with E-state index in [1.807, 2.05) is 6.92 Å². The van der Waals surface area contributed by atoms with Gasteiger partial charge in [-0.1, -0.05) is 12.1 Å². The number of hydrogen-bond acceptors (Lipinski definition) is 4. The van der Waals surface area contributed by atoms with Gasteiger partial charge in [-0.15, -0.1) is 0 Å². The van der Waals surface area contributed by atoms with Crippen LogP contribution in [0.15, 0.2) is 30.3 Å². The van der Waals surface area contributed by atoms with Crippen molar-refractivity contribution in [2.75, 3.05) is 20.3 Å². The highest BCUT2D eigenvalue weighted by Crippen LogP contribution is 2.28. The smallest absolute Gasteiger partial charge is 0.161 e. The van der Waals surface area contributed by atoms with Crippen molar-refractivity contribution in [2.24, 2.45) is 0 Å². The fraction of sp³-hybridized carbons (Fsp3) is 0.316. The Morgan fingerprint density at radius 3 is 2.30 bits per heavy atom. The summed E-state index contributed by atoms with van der Waals surface area (Å²) in [5.41, 5.74) is 4.02. The molecule has 122 valence electrons. The summed E-state index contributed by atoms with van der Waals surface area (Å²) in [5.74, 6) is 2.05. The molecular formula is C19H22O4. The summed E-state index contributed by atoms with van der Waals surface area (Å²) in [6.45, 7) is 6.98. The van der Waals surface area contributed by atoms with Crippen molar-refractivity contribution in [3.63, 3.8) is 0 Å². The third-order valence-electron chi connectivity index (χ3n) is 3.78. The zero-order valence-electron chi connectivity index (χ0n) is 14.0. The third kappa shape index (κ3) is 4.03. The second-order valence-corrected chi connectivity index (χ2v) is 5.38. The number of rotatable bonds is 7. The number of aldehydes is 1. The molecule has 2 rings (SSSR count). The first-order chi connectivity index (χ1) is 11.1. The maximum absolute atomic E-state index is 10.8. The third-order valence-corrected chi connectivity index (χ3v) is 3.78. The van der Waals surface area contributed by atoms with Gasteiger partial charge >= 0.3 is 0 Å². The molecular weight excluding hydrogens is 292 g/mol. The summed E-state index contributed by atoms with van der Waals surface area (Å²) in [6.07, 6.45) is 0.776. The minimum absolute atomic E-state index is 0.392. The van der Waals surface area contributed by atoms with E-state index in [-0.39, 0.29) is 0 Å². The molecule has 0 saturated carbocycles. The van der Waals surface area contributed by atoms with Crippen molar-refractivity contribution >= 4 is 6.29 Å². The van der Waals surface area contributed by atoms with E-state index in [0.29, 0.717) is 30.3 Å². The summed E-state index contributed by atoms with van der Waals surface area (Å²) >= 11 is 0. The Kier molecular flexibility index (Phi) is 5.63. The molecule has 23 heavy (non-hydrogen) atoms. The van der Waals surface area contributed by atoms with Gasteiger partial charge in [0.25, 0.3) is 0 Å². The molecule has 0 heterocycles. The highest BCUT2D eigenvalue weighted by molar-refractivity contribution is 5.76. The number of carbonyl (C=O) groups is 1. The summed E-state index contributed by atoms with van der Waals surface area (Å²) in [6, 6.07) is 9.22. The van der Waals surface area contributed by atoms with Crippen molar-refractivity contribution in [1.29, 1.82) is 0 Å². The van der Waals surface area contributed by atoms with E-state index in [4.69, 9.17) is 14.2 Å². The average Bonchev–Trinajstić information content (AvgIpc) is 2.57. The van der Waals surface area contributed by atoms with Gasteiger partial charge in [0, 0.05) is 5.56 Å². The van der Waals surface area contributed by atoms with E-state index in [1.165, 1.54) is 5.56 Å². The monoisotopic (exact) mass is 314 g/mol. The molecule has 0 atom stereocenters. The van der Waals surface area contributed by atoms with Crippen LogP contribution in [0.3, 0.4) is 0 Å². The minimum Gasteiger partial charge on any atom is -0.493 e. The van der Waals surface area contributed by atoms with Gasteiger partial charge in [-0.05, 0) is 55.7 Å². The molecule has 2 aromatic carbocycles. The number of ether oxygens (including phenoxy) is 3. The SMILES string of the molecule is COc1cc(C=O)ccc1OCCOc1c(C)ccc(C)c1C.